The molecule has 1 aliphatic rings. The van der Waals surface area contributed by atoms with Crippen molar-refractivity contribution in [3.05, 3.63) is 39.9 Å². The quantitative estimate of drug-likeness (QED) is 0.820. The molecule has 0 spiro atoms. The van der Waals surface area contributed by atoms with Crippen molar-refractivity contribution in [2.45, 2.75) is 19.4 Å². The molecule has 0 fully saturated rings. The molecular weight excluding hydrogens is 271 g/mol. The molecule has 0 bridgehead atoms. The molecule has 18 heavy (non-hydrogen) atoms. The summed E-state index contributed by atoms with van der Waals surface area (Å²) in [6, 6.07) is 3.35. The first-order valence-corrected chi connectivity index (χ1v) is 6.43. The molecule has 0 saturated heterocycles. The highest BCUT2D eigenvalue weighted by atomic mass is 35.5. The van der Waals surface area contributed by atoms with Crippen molar-refractivity contribution in [3.63, 3.8) is 0 Å². The fourth-order valence-electron chi connectivity index (χ4n) is 1.89. The molecule has 1 aliphatic carbocycles. The number of amides is 1. The third kappa shape index (κ3) is 2.86. The Balaban J connectivity index is 2.12. The molecule has 0 aliphatic heterocycles. The smallest absolute Gasteiger partial charge is 0.231 e. The van der Waals surface area contributed by atoms with Crippen LogP contribution in [0.3, 0.4) is 0 Å². The largest absolute Gasteiger partial charge is 0.324 e. The average molecular weight is 285 g/mol. The molecule has 0 aromatic heterocycles. The number of nitrogens with two attached hydrogens (primary N) is 1. The van der Waals surface area contributed by atoms with Crippen LogP contribution in [0.25, 0.3) is 0 Å². The zero-order valence-electron chi connectivity index (χ0n) is 9.91. The number of hydrogen-bond acceptors (Lipinski definition) is 2. The third-order valence-corrected chi connectivity index (χ3v) is 3.68. The van der Waals surface area contributed by atoms with E-state index >= 15 is 0 Å². The molecular formula is C13H14Cl2N2O. The molecule has 1 amide bonds. The predicted octanol–water partition coefficient (Wildman–Crippen LogP) is 3.14. The molecule has 2 rings (SSSR count). The van der Waals surface area contributed by atoms with Crippen LogP contribution in [-0.2, 0) is 4.79 Å². The number of nitrogens with one attached hydrogen (secondary N) is 1. The van der Waals surface area contributed by atoms with Crippen LogP contribution in [0, 0.1) is 12.8 Å². The summed E-state index contributed by atoms with van der Waals surface area (Å²) in [6.07, 6.45) is 4.29. The standard InChI is InChI=1S/C13H14Cl2N2O/c1-7-4-11(15)12(6-10(7)14)17-13(18)8-2-3-9(16)5-8/h2-4,6,8-9H,5,16H2,1H3,(H,17,18). The highest BCUT2D eigenvalue weighted by Gasteiger charge is 2.23. The molecule has 0 heterocycles. The van der Waals surface area contributed by atoms with Crippen LogP contribution in [0.2, 0.25) is 10.0 Å². The highest BCUT2D eigenvalue weighted by Crippen LogP contribution is 2.29. The van der Waals surface area contributed by atoms with Crippen molar-refractivity contribution < 1.29 is 4.79 Å². The number of carbonyl (C=O) groups excluding carboxylic acids is 1. The normalized spacial score (nSPS) is 22.2. The minimum Gasteiger partial charge on any atom is -0.324 e. The van der Waals surface area contributed by atoms with Gasteiger partial charge in [-0.1, -0.05) is 35.4 Å². The van der Waals surface area contributed by atoms with E-state index in [0.29, 0.717) is 22.2 Å². The number of rotatable bonds is 2. The van der Waals surface area contributed by atoms with Gasteiger partial charge in [0, 0.05) is 11.1 Å². The van der Waals surface area contributed by atoms with Gasteiger partial charge in [-0.3, -0.25) is 4.79 Å². The lowest BCUT2D eigenvalue weighted by Crippen LogP contribution is -2.24. The Labute approximate surface area is 116 Å². The fourth-order valence-corrected chi connectivity index (χ4v) is 2.32. The lowest BCUT2D eigenvalue weighted by Gasteiger charge is -2.12. The van der Waals surface area contributed by atoms with Crippen molar-refractivity contribution in [2.24, 2.45) is 11.7 Å². The number of halogens is 2. The van der Waals surface area contributed by atoms with Gasteiger partial charge in [0.15, 0.2) is 0 Å². The van der Waals surface area contributed by atoms with Crippen molar-refractivity contribution in [2.75, 3.05) is 5.32 Å². The maximum absolute atomic E-state index is 12.0. The van der Waals surface area contributed by atoms with E-state index in [2.05, 4.69) is 5.32 Å². The summed E-state index contributed by atoms with van der Waals surface area (Å²) < 4.78 is 0. The maximum atomic E-state index is 12.0. The molecule has 96 valence electrons. The van der Waals surface area contributed by atoms with Crippen LogP contribution in [0.1, 0.15) is 12.0 Å². The highest BCUT2D eigenvalue weighted by molar-refractivity contribution is 6.36. The fraction of sp³-hybridized carbons (Fsp3) is 0.308. The first-order valence-electron chi connectivity index (χ1n) is 5.68. The minimum atomic E-state index is -0.198. The predicted molar refractivity (Wildman–Crippen MR) is 75.1 cm³/mol. The number of aryl methyl sites for hydroxylation is 1. The van der Waals surface area contributed by atoms with E-state index in [1.54, 1.807) is 12.1 Å². The van der Waals surface area contributed by atoms with Gasteiger partial charge < -0.3 is 11.1 Å². The van der Waals surface area contributed by atoms with Crippen molar-refractivity contribution >= 4 is 34.8 Å². The van der Waals surface area contributed by atoms with Crippen LogP contribution in [0.5, 0.6) is 0 Å². The van der Waals surface area contributed by atoms with E-state index in [1.165, 1.54) is 0 Å². The van der Waals surface area contributed by atoms with E-state index in [0.717, 1.165) is 5.56 Å². The van der Waals surface area contributed by atoms with E-state index < -0.39 is 0 Å². The van der Waals surface area contributed by atoms with Gasteiger partial charge in [-0.05, 0) is 31.0 Å². The van der Waals surface area contributed by atoms with Gasteiger partial charge in [0.05, 0.1) is 16.6 Å². The van der Waals surface area contributed by atoms with Crippen LogP contribution in [0.4, 0.5) is 5.69 Å². The first kappa shape index (κ1) is 13.4. The minimum absolute atomic E-state index is 0.0437. The second-order valence-electron chi connectivity index (χ2n) is 4.46. The molecule has 3 N–H and O–H groups in total. The first-order chi connectivity index (χ1) is 8.47. The van der Waals surface area contributed by atoms with Gasteiger partial charge in [-0.25, -0.2) is 0 Å². The van der Waals surface area contributed by atoms with Gasteiger partial charge in [0.2, 0.25) is 5.91 Å². The second kappa shape index (κ2) is 5.31. The van der Waals surface area contributed by atoms with E-state index in [1.807, 2.05) is 19.1 Å². The Bertz CT molecular complexity index is 514. The summed E-state index contributed by atoms with van der Waals surface area (Å²) in [5, 5.41) is 3.84. The van der Waals surface area contributed by atoms with Gasteiger partial charge in [-0.15, -0.1) is 0 Å². The summed E-state index contributed by atoms with van der Waals surface area (Å²) in [5.41, 5.74) is 7.13. The van der Waals surface area contributed by atoms with E-state index in [-0.39, 0.29) is 17.9 Å². The Kier molecular flexibility index (Phi) is 3.95. The topological polar surface area (TPSA) is 55.1 Å². The number of anilines is 1. The van der Waals surface area contributed by atoms with Crippen LogP contribution in [-0.4, -0.2) is 11.9 Å². The lowest BCUT2D eigenvalue weighted by atomic mass is 10.1. The molecule has 1 aromatic rings. The van der Waals surface area contributed by atoms with Gasteiger partial charge in [0.25, 0.3) is 0 Å². The van der Waals surface area contributed by atoms with Crippen LogP contribution < -0.4 is 11.1 Å². The van der Waals surface area contributed by atoms with Crippen LogP contribution >= 0.6 is 23.2 Å². The van der Waals surface area contributed by atoms with Gasteiger partial charge in [0.1, 0.15) is 0 Å². The van der Waals surface area contributed by atoms with E-state index in [4.69, 9.17) is 28.9 Å². The monoisotopic (exact) mass is 284 g/mol. The Morgan fingerprint density at radius 2 is 2.06 bits per heavy atom. The van der Waals surface area contributed by atoms with Gasteiger partial charge >= 0.3 is 0 Å². The molecule has 0 saturated carbocycles. The summed E-state index contributed by atoms with van der Waals surface area (Å²) in [5.74, 6) is -0.308. The lowest BCUT2D eigenvalue weighted by molar-refractivity contribution is -0.118. The number of hydrogen-bond donors (Lipinski definition) is 2. The van der Waals surface area contributed by atoms with E-state index in [9.17, 15) is 4.79 Å². The summed E-state index contributed by atoms with van der Waals surface area (Å²) in [6.45, 7) is 1.86. The molecule has 2 unspecified atom stereocenters. The summed E-state index contributed by atoms with van der Waals surface area (Å²) in [7, 11) is 0. The Morgan fingerprint density at radius 1 is 1.33 bits per heavy atom. The molecule has 1 aromatic carbocycles. The number of carbonyl (C=O) groups is 1. The molecule has 5 heteroatoms. The Hall–Kier alpha value is -1.03. The summed E-state index contributed by atoms with van der Waals surface area (Å²) >= 11 is 12.1. The molecule has 0 radical (unpaired) electrons. The van der Waals surface area contributed by atoms with Crippen molar-refractivity contribution in [3.8, 4) is 0 Å². The average Bonchev–Trinajstić information content (AvgIpc) is 2.73. The Morgan fingerprint density at radius 3 is 2.67 bits per heavy atom. The zero-order valence-corrected chi connectivity index (χ0v) is 11.4. The molecule has 2 atom stereocenters. The second-order valence-corrected chi connectivity index (χ2v) is 5.28. The van der Waals surface area contributed by atoms with Gasteiger partial charge in [-0.2, -0.15) is 0 Å². The SMILES string of the molecule is Cc1cc(Cl)c(NC(=O)C2C=CC(N)C2)cc1Cl. The zero-order chi connectivity index (χ0) is 13.3. The summed E-state index contributed by atoms with van der Waals surface area (Å²) in [4.78, 5) is 12.0. The van der Waals surface area contributed by atoms with Crippen molar-refractivity contribution in [1.29, 1.82) is 0 Å². The number of benzene rings is 1. The van der Waals surface area contributed by atoms with Crippen molar-refractivity contribution in [1.82, 2.24) is 0 Å². The van der Waals surface area contributed by atoms with Crippen LogP contribution in [0.15, 0.2) is 24.3 Å². The maximum Gasteiger partial charge on any atom is 0.231 e. The molecule has 3 nitrogen and oxygen atoms in total. The third-order valence-electron chi connectivity index (χ3n) is 2.96.